The van der Waals surface area contributed by atoms with Crippen LogP contribution in [-0.2, 0) is 10.0 Å². The molecule has 6 nitrogen and oxygen atoms in total. The van der Waals surface area contributed by atoms with Gasteiger partial charge in [-0.3, -0.25) is 0 Å². The van der Waals surface area contributed by atoms with E-state index in [1.165, 1.54) is 12.4 Å². The van der Waals surface area contributed by atoms with Gasteiger partial charge in [-0.1, -0.05) is 33.1 Å². The minimum absolute atomic E-state index is 0.106. The largest absolute Gasteiger partial charge is 0.355 e. The molecule has 1 rings (SSSR count). The number of unbranched alkanes of at least 4 members (excludes halogenated alkanes) is 1. The average Bonchev–Trinajstić information content (AvgIpc) is 2.48. The highest BCUT2D eigenvalue weighted by atomic mass is 32.2. The van der Waals surface area contributed by atoms with Crippen LogP contribution >= 0.6 is 0 Å². The van der Waals surface area contributed by atoms with Crippen LogP contribution < -0.4 is 10.0 Å². The monoisotopic (exact) mass is 314 g/mol. The Kier molecular flexibility index (Phi) is 7.60. The van der Waals surface area contributed by atoms with Gasteiger partial charge in [-0.25, -0.2) is 23.1 Å². The number of aromatic nitrogens is 2. The second kappa shape index (κ2) is 8.94. The van der Waals surface area contributed by atoms with E-state index in [1.54, 1.807) is 0 Å². The van der Waals surface area contributed by atoms with Crippen LogP contribution in [0.15, 0.2) is 17.3 Å². The van der Waals surface area contributed by atoms with Crippen LogP contribution in [0.2, 0.25) is 0 Å². The van der Waals surface area contributed by atoms with Gasteiger partial charge in [0.05, 0.1) is 12.4 Å². The van der Waals surface area contributed by atoms with E-state index in [0.717, 1.165) is 25.7 Å². The molecule has 0 spiro atoms. The summed E-state index contributed by atoms with van der Waals surface area (Å²) in [6.07, 6.45) is 6.94. The van der Waals surface area contributed by atoms with Crippen molar-refractivity contribution in [3.8, 4) is 0 Å². The molecule has 0 saturated heterocycles. The number of nitrogens with one attached hydrogen (secondary N) is 2. The third-order valence-electron chi connectivity index (χ3n) is 3.38. The lowest BCUT2D eigenvalue weighted by atomic mass is 10.00. The van der Waals surface area contributed by atoms with Crippen molar-refractivity contribution in [2.24, 2.45) is 5.92 Å². The Bertz CT molecular complexity index is 502. The first-order valence-electron chi connectivity index (χ1n) is 7.59. The molecule has 0 aromatic carbocycles. The van der Waals surface area contributed by atoms with Crippen LogP contribution in [0.5, 0.6) is 0 Å². The molecule has 0 radical (unpaired) electrons. The lowest BCUT2D eigenvalue weighted by Crippen LogP contribution is -2.29. The Morgan fingerprint density at radius 2 is 1.86 bits per heavy atom. The molecule has 0 fully saturated rings. The van der Waals surface area contributed by atoms with Gasteiger partial charge in [0.25, 0.3) is 0 Å². The third-order valence-corrected chi connectivity index (χ3v) is 4.76. The molecule has 0 aliphatic rings. The van der Waals surface area contributed by atoms with Crippen molar-refractivity contribution in [3.63, 3.8) is 0 Å². The molecule has 7 heteroatoms. The van der Waals surface area contributed by atoms with Crippen LogP contribution in [-0.4, -0.2) is 31.5 Å². The SMILES string of the molecule is CCCCC(CC)CNS(=O)(=O)c1cnc(NCC)nc1. The summed E-state index contributed by atoms with van der Waals surface area (Å²) in [4.78, 5) is 8.09. The average molecular weight is 314 g/mol. The molecular weight excluding hydrogens is 288 g/mol. The molecule has 1 aromatic heterocycles. The van der Waals surface area contributed by atoms with Crippen molar-refractivity contribution in [2.75, 3.05) is 18.4 Å². The van der Waals surface area contributed by atoms with Gasteiger partial charge < -0.3 is 5.32 Å². The van der Waals surface area contributed by atoms with E-state index >= 15 is 0 Å². The molecular formula is C14H26N4O2S. The molecule has 0 bridgehead atoms. The van der Waals surface area contributed by atoms with Crippen molar-refractivity contribution in [1.82, 2.24) is 14.7 Å². The van der Waals surface area contributed by atoms with Gasteiger partial charge in [0.1, 0.15) is 4.90 Å². The zero-order chi connectivity index (χ0) is 15.7. The highest BCUT2D eigenvalue weighted by molar-refractivity contribution is 7.89. The van der Waals surface area contributed by atoms with Crippen molar-refractivity contribution >= 4 is 16.0 Å². The number of anilines is 1. The molecule has 2 N–H and O–H groups in total. The second-order valence-corrected chi connectivity index (χ2v) is 6.81. The summed E-state index contributed by atoms with van der Waals surface area (Å²) in [6, 6.07) is 0. The maximum Gasteiger partial charge on any atom is 0.243 e. The van der Waals surface area contributed by atoms with Gasteiger partial charge in [-0.2, -0.15) is 0 Å². The molecule has 120 valence electrons. The maximum atomic E-state index is 12.2. The van der Waals surface area contributed by atoms with Crippen molar-refractivity contribution < 1.29 is 8.42 Å². The summed E-state index contributed by atoms with van der Waals surface area (Å²) in [6.45, 7) is 7.31. The fourth-order valence-electron chi connectivity index (χ4n) is 1.96. The molecule has 0 aliphatic carbocycles. The highest BCUT2D eigenvalue weighted by Gasteiger charge is 2.17. The molecule has 1 heterocycles. The highest BCUT2D eigenvalue weighted by Crippen LogP contribution is 2.13. The predicted octanol–water partition coefficient (Wildman–Crippen LogP) is 2.40. The van der Waals surface area contributed by atoms with Crippen molar-refractivity contribution in [3.05, 3.63) is 12.4 Å². The number of hydrogen-bond acceptors (Lipinski definition) is 5. The smallest absolute Gasteiger partial charge is 0.243 e. The first-order chi connectivity index (χ1) is 10.0. The van der Waals surface area contributed by atoms with Gasteiger partial charge in [-0.05, 0) is 19.3 Å². The van der Waals surface area contributed by atoms with E-state index in [9.17, 15) is 8.42 Å². The van der Waals surface area contributed by atoms with Gasteiger partial charge in [0.15, 0.2) is 0 Å². The van der Waals surface area contributed by atoms with Crippen LogP contribution in [0, 0.1) is 5.92 Å². The Labute approximate surface area is 127 Å². The summed E-state index contributed by atoms with van der Waals surface area (Å²) in [5.41, 5.74) is 0. The molecule has 0 aliphatic heterocycles. The summed E-state index contributed by atoms with van der Waals surface area (Å²) >= 11 is 0. The zero-order valence-corrected chi connectivity index (χ0v) is 13.9. The predicted molar refractivity (Wildman–Crippen MR) is 84.7 cm³/mol. The zero-order valence-electron chi connectivity index (χ0n) is 13.1. The van der Waals surface area contributed by atoms with Gasteiger partial charge in [0.2, 0.25) is 16.0 Å². The fraction of sp³-hybridized carbons (Fsp3) is 0.714. The van der Waals surface area contributed by atoms with Gasteiger partial charge >= 0.3 is 0 Å². The first kappa shape index (κ1) is 17.8. The summed E-state index contributed by atoms with van der Waals surface area (Å²) < 4.78 is 27.0. The summed E-state index contributed by atoms with van der Waals surface area (Å²) in [5, 5.41) is 2.93. The van der Waals surface area contributed by atoms with E-state index < -0.39 is 10.0 Å². The van der Waals surface area contributed by atoms with Crippen molar-refractivity contribution in [2.45, 2.75) is 51.3 Å². The minimum Gasteiger partial charge on any atom is -0.355 e. The number of sulfonamides is 1. The van der Waals surface area contributed by atoms with E-state index in [2.05, 4.69) is 33.9 Å². The summed E-state index contributed by atoms with van der Waals surface area (Å²) in [7, 11) is -3.52. The fourth-order valence-corrected chi connectivity index (χ4v) is 2.96. The van der Waals surface area contributed by atoms with E-state index in [-0.39, 0.29) is 4.90 Å². The van der Waals surface area contributed by atoms with Crippen LogP contribution in [0.25, 0.3) is 0 Å². The first-order valence-corrected chi connectivity index (χ1v) is 9.07. The number of rotatable bonds is 10. The Morgan fingerprint density at radius 1 is 1.19 bits per heavy atom. The maximum absolute atomic E-state index is 12.2. The standard InChI is InChI=1S/C14H26N4O2S/c1-4-7-8-12(5-2)9-18-21(19,20)13-10-16-14(15-6-3)17-11-13/h10-12,18H,4-9H2,1-3H3,(H,15,16,17). The number of hydrogen-bond donors (Lipinski definition) is 2. The Morgan fingerprint density at radius 3 is 2.38 bits per heavy atom. The van der Waals surface area contributed by atoms with Gasteiger partial charge in [-0.15, -0.1) is 0 Å². The molecule has 21 heavy (non-hydrogen) atoms. The molecule has 1 atom stereocenters. The molecule has 1 unspecified atom stereocenters. The van der Waals surface area contributed by atoms with E-state index in [1.807, 2.05) is 6.92 Å². The lowest BCUT2D eigenvalue weighted by molar-refractivity contribution is 0.443. The normalized spacial score (nSPS) is 13.1. The van der Waals surface area contributed by atoms with E-state index in [0.29, 0.717) is 25.0 Å². The lowest BCUT2D eigenvalue weighted by Gasteiger charge is -2.15. The van der Waals surface area contributed by atoms with Crippen LogP contribution in [0.1, 0.15) is 46.5 Å². The quantitative estimate of drug-likeness (QED) is 0.693. The molecule has 0 amide bonds. The van der Waals surface area contributed by atoms with Gasteiger partial charge in [0, 0.05) is 13.1 Å². The van der Waals surface area contributed by atoms with Crippen LogP contribution in [0.4, 0.5) is 5.95 Å². The Hall–Kier alpha value is -1.21. The summed E-state index contributed by atoms with van der Waals surface area (Å²) in [5.74, 6) is 0.813. The molecule has 1 aromatic rings. The van der Waals surface area contributed by atoms with Crippen molar-refractivity contribution in [1.29, 1.82) is 0 Å². The van der Waals surface area contributed by atoms with E-state index in [4.69, 9.17) is 0 Å². The second-order valence-electron chi connectivity index (χ2n) is 5.04. The minimum atomic E-state index is -3.52. The number of nitrogens with zero attached hydrogens (tertiary/aromatic N) is 2. The molecule has 0 saturated carbocycles. The topological polar surface area (TPSA) is 84.0 Å². The third kappa shape index (κ3) is 5.97. The van der Waals surface area contributed by atoms with Crippen LogP contribution in [0.3, 0.4) is 0 Å². The Balaban J connectivity index is 2.63.